The second kappa shape index (κ2) is 3.41. The number of hydrogen-bond donors (Lipinski definition) is 1. The summed E-state index contributed by atoms with van der Waals surface area (Å²) in [5.41, 5.74) is 8.25. The Morgan fingerprint density at radius 3 is 2.86 bits per heavy atom. The van der Waals surface area contributed by atoms with Gasteiger partial charge in [-0.1, -0.05) is 0 Å². The standard InChI is InChI=1S/C10H10N4/c1-7-4-8(2-3-13-7)9-5-12-6-10(11)14-9/h2-6H,1H3,(H2,11,14). The maximum absolute atomic E-state index is 5.54. The van der Waals surface area contributed by atoms with Crippen LogP contribution < -0.4 is 5.73 Å². The first-order chi connectivity index (χ1) is 6.75. The van der Waals surface area contributed by atoms with E-state index in [1.807, 2.05) is 19.1 Å². The number of hydrogen-bond acceptors (Lipinski definition) is 4. The molecule has 0 spiro atoms. The maximum atomic E-state index is 5.54. The molecular formula is C10H10N4. The van der Waals surface area contributed by atoms with Crippen LogP contribution in [-0.4, -0.2) is 15.0 Å². The van der Waals surface area contributed by atoms with Crippen molar-refractivity contribution in [1.82, 2.24) is 15.0 Å². The Kier molecular flexibility index (Phi) is 2.10. The van der Waals surface area contributed by atoms with E-state index < -0.39 is 0 Å². The molecule has 0 amide bonds. The van der Waals surface area contributed by atoms with Crippen LogP contribution in [0.15, 0.2) is 30.7 Å². The normalized spacial score (nSPS) is 10.1. The van der Waals surface area contributed by atoms with E-state index in [0.29, 0.717) is 5.82 Å². The molecule has 2 N–H and O–H groups in total. The lowest BCUT2D eigenvalue weighted by Gasteiger charge is -2.01. The molecule has 0 saturated carbocycles. The SMILES string of the molecule is Cc1cc(-c2cncc(N)n2)ccn1. The summed E-state index contributed by atoms with van der Waals surface area (Å²) in [7, 11) is 0. The summed E-state index contributed by atoms with van der Waals surface area (Å²) in [6.45, 7) is 1.93. The fourth-order valence-electron chi connectivity index (χ4n) is 1.23. The first-order valence-electron chi connectivity index (χ1n) is 4.26. The Labute approximate surface area is 81.9 Å². The van der Waals surface area contributed by atoms with Crippen molar-refractivity contribution in [2.45, 2.75) is 6.92 Å². The van der Waals surface area contributed by atoms with E-state index in [1.165, 1.54) is 6.20 Å². The molecule has 0 aliphatic rings. The maximum Gasteiger partial charge on any atom is 0.142 e. The number of aryl methyl sites for hydroxylation is 1. The van der Waals surface area contributed by atoms with Crippen LogP contribution in [-0.2, 0) is 0 Å². The number of nitrogens with zero attached hydrogens (tertiary/aromatic N) is 3. The zero-order chi connectivity index (χ0) is 9.97. The molecule has 70 valence electrons. The molecule has 4 heteroatoms. The van der Waals surface area contributed by atoms with E-state index in [9.17, 15) is 0 Å². The van der Waals surface area contributed by atoms with E-state index in [2.05, 4.69) is 15.0 Å². The highest BCUT2D eigenvalue weighted by atomic mass is 14.9. The monoisotopic (exact) mass is 186 g/mol. The quantitative estimate of drug-likeness (QED) is 0.731. The molecule has 2 aromatic rings. The predicted molar refractivity (Wildman–Crippen MR) is 54.4 cm³/mol. The largest absolute Gasteiger partial charge is 0.382 e. The number of nitrogens with two attached hydrogens (primary N) is 1. The fourth-order valence-corrected chi connectivity index (χ4v) is 1.23. The minimum Gasteiger partial charge on any atom is -0.382 e. The van der Waals surface area contributed by atoms with Crippen LogP contribution in [0, 0.1) is 6.92 Å². The van der Waals surface area contributed by atoms with Gasteiger partial charge < -0.3 is 5.73 Å². The Balaban J connectivity index is 2.49. The minimum absolute atomic E-state index is 0.428. The van der Waals surface area contributed by atoms with E-state index in [0.717, 1.165) is 17.0 Å². The van der Waals surface area contributed by atoms with E-state index in [-0.39, 0.29) is 0 Å². The van der Waals surface area contributed by atoms with Gasteiger partial charge in [-0.05, 0) is 19.1 Å². The van der Waals surface area contributed by atoms with Crippen LogP contribution in [0.1, 0.15) is 5.69 Å². The van der Waals surface area contributed by atoms with Crippen molar-refractivity contribution in [2.75, 3.05) is 5.73 Å². The molecule has 0 aliphatic carbocycles. The number of rotatable bonds is 1. The smallest absolute Gasteiger partial charge is 0.142 e. The zero-order valence-electron chi connectivity index (χ0n) is 7.81. The van der Waals surface area contributed by atoms with Crippen LogP contribution in [0.5, 0.6) is 0 Å². The predicted octanol–water partition coefficient (Wildman–Crippen LogP) is 1.43. The van der Waals surface area contributed by atoms with Gasteiger partial charge in [0.25, 0.3) is 0 Å². The summed E-state index contributed by atoms with van der Waals surface area (Å²) in [5, 5.41) is 0. The van der Waals surface area contributed by atoms with Crippen LogP contribution in [0.3, 0.4) is 0 Å². The molecule has 0 fully saturated rings. The first kappa shape index (κ1) is 8.62. The summed E-state index contributed by atoms with van der Waals surface area (Å²) < 4.78 is 0. The van der Waals surface area contributed by atoms with Crippen molar-refractivity contribution in [1.29, 1.82) is 0 Å². The minimum atomic E-state index is 0.428. The molecule has 0 aliphatic heterocycles. The van der Waals surface area contributed by atoms with Gasteiger partial charge in [0.1, 0.15) is 5.82 Å². The van der Waals surface area contributed by atoms with Gasteiger partial charge in [0, 0.05) is 17.5 Å². The number of anilines is 1. The van der Waals surface area contributed by atoms with Gasteiger partial charge >= 0.3 is 0 Å². The van der Waals surface area contributed by atoms with Gasteiger partial charge in [0.15, 0.2) is 0 Å². The molecule has 14 heavy (non-hydrogen) atoms. The second-order valence-electron chi connectivity index (χ2n) is 3.02. The first-order valence-corrected chi connectivity index (χ1v) is 4.26. The fraction of sp³-hybridized carbons (Fsp3) is 0.100. The van der Waals surface area contributed by atoms with Crippen molar-refractivity contribution < 1.29 is 0 Å². The highest BCUT2D eigenvalue weighted by Crippen LogP contribution is 2.16. The third-order valence-corrected chi connectivity index (χ3v) is 1.85. The molecule has 2 heterocycles. The van der Waals surface area contributed by atoms with Crippen molar-refractivity contribution in [3.05, 3.63) is 36.4 Å². The third-order valence-electron chi connectivity index (χ3n) is 1.85. The van der Waals surface area contributed by atoms with Crippen LogP contribution in [0.2, 0.25) is 0 Å². The lowest BCUT2D eigenvalue weighted by Crippen LogP contribution is -1.94. The van der Waals surface area contributed by atoms with Crippen molar-refractivity contribution in [3.8, 4) is 11.3 Å². The van der Waals surface area contributed by atoms with E-state index in [1.54, 1.807) is 12.4 Å². The Morgan fingerprint density at radius 1 is 1.29 bits per heavy atom. The van der Waals surface area contributed by atoms with Gasteiger partial charge in [0.05, 0.1) is 18.1 Å². The summed E-state index contributed by atoms with van der Waals surface area (Å²) in [6.07, 6.45) is 4.96. The average molecular weight is 186 g/mol. The van der Waals surface area contributed by atoms with Crippen molar-refractivity contribution in [3.63, 3.8) is 0 Å². The Morgan fingerprint density at radius 2 is 2.14 bits per heavy atom. The Bertz CT molecular complexity index is 410. The summed E-state index contributed by atoms with van der Waals surface area (Å²) >= 11 is 0. The molecule has 0 unspecified atom stereocenters. The number of aromatic nitrogens is 3. The topological polar surface area (TPSA) is 64.7 Å². The van der Waals surface area contributed by atoms with Crippen molar-refractivity contribution >= 4 is 5.82 Å². The number of nitrogen functional groups attached to an aromatic ring is 1. The second-order valence-corrected chi connectivity index (χ2v) is 3.02. The molecule has 2 rings (SSSR count). The molecule has 0 radical (unpaired) electrons. The molecule has 0 aromatic carbocycles. The average Bonchev–Trinajstić information content (AvgIpc) is 2.18. The molecular weight excluding hydrogens is 176 g/mol. The summed E-state index contributed by atoms with van der Waals surface area (Å²) in [5.74, 6) is 0.428. The zero-order valence-corrected chi connectivity index (χ0v) is 7.81. The van der Waals surface area contributed by atoms with E-state index >= 15 is 0 Å². The van der Waals surface area contributed by atoms with Crippen LogP contribution in [0.25, 0.3) is 11.3 Å². The lowest BCUT2D eigenvalue weighted by atomic mass is 10.2. The third kappa shape index (κ3) is 1.69. The summed E-state index contributed by atoms with van der Waals surface area (Å²) in [4.78, 5) is 12.3. The van der Waals surface area contributed by atoms with Gasteiger partial charge in [-0.2, -0.15) is 0 Å². The van der Waals surface area contributed by atoms with Gasteiger partial charge in [-0.3, -0.25) is 9.97 Å². The van der Waals surface area contributed by atoms with Crippen LogP contribution >= 0.6 is 0 Å². The molecule has 4 nitrogen and oxygen atoms in total. The molecule has 2 aromatic heterocycles. The van der Waals surface area contributed by atoms with Gasteiger partial charge in [-0.15, -0.1) is 0 Å². The van der Waals surface area contributed by atoms with Crippen LogP contribution in [0.4, 0.5) is 5.82 Å². The molecule has 0 atom stereocenters. The highest BCUT2D eigenvalue weighted by molar-refractivity contribution is 5.59. The summed E-state index contributed by atoms with van der Waals surface area (Å²) in [6, 6.07) is 3.83. The van der Waals surface area contributed by atoms with Gasteiger partial charge in [0.2, 0.25) is 0 Å². The molecule has 0 bridgehead atoms. The lowest BCUT2D eigenvalue weighted by molar-refractivity contribution is 1.18. The number of pyridine rings is 1. The van der Waals surface area contributed by atoms with Crippen molar-refractivity contribution in [2.24, 2.45) is 0 Å². The molecule has 0 saturated heterocycles. The van der Waals surface area contributed by atoms with E-state index in [4.69, 9.17) is 5.73 Å². The Hall–Kier alpha value is -1.97. The van der Waals surface area contributed by atoms with Gasteiger partial charge in [-0.25, -0.2) is 4.98 Å². The highest BCUT2D eigenvalue weighted by Gasteiger charge is 2.00.